The molecule has 0 radical (unpaired) electrons. The van der Waals surface area contributed by atoms with Crippen LogP contribution in [-0.2, 0) is 0 Å². The van der Waals surface area contributed by atoms with Crippen LogP contribution in [0.4, 0.5) is 11.6 Å². The van der Waals surface area contributed by atoms with E-state index in [2.05, 4.69) is 34.1 Å². The molecule has 4 rings (SSSR count). The lowest BCUT2D eigenvalue weighted by atomic mass is 10.1. The van der Waals surface area contributed by atoms with Crippen LogP contribution < -0.4 is 10.1 Å². The number of rotatable bonds is 9. The van der Waals surface area contributed by atoms with Crippen molar-refractivity contribution < 1.29 is 9.84 Å². The lowest BCUT2D eigenvalue weighted by Gasteiger charge is -2.18. The molecule has 4 aromatic rings. The number of aromatic hydroxyl groups is 1. The molecule has 7 heteroatoms. The van der Waals surface area contributed by atoms with Gasteiger partial charge in [-0.1, -0.05) is 19.9 Å². The number of phenolic OH excluding ortho intramolecular Hbond substituents is 1. The minimum Gasteiger partial charge on any atom is -0.508 e. The first kappa shape index (κ1) is 20.7. The van der Waals surface area contributed by atoms with Crippen molar-refractivity contribution in [2.45, 2.75) is 13.8 Å². The topological polar surface area (TPSA) is 74.9 Å². The van der Waals surface area contributed by atoms with Gasteiger partial charge in [0.15, 0.2) is 5.65 Å². The minimum atomic E-state index is 0.234. The summed E-state index contributed by atoms with van der Waals surface area (Å²) < 4.78 is 7.63. The van der Waals surface area contributed by atoms with Crippen molar-refractivity contribution >= 4 is 17.3 Å². The molecule has 0 saturated carbocycles. The molecule has 0 unspecified atom stereocenters. The van der Waals surface area contributed by atoms with E-state index in [4.69, 9.17) is 4.74 Å². The van der Waals surface area contributed by atoms with Crippen LogP contribution in [0.15, 0.2) is 66.7 Å². The Kier molecular flexibility index (Phi) is 6.33. The maximum Gasteiger partial charge on any atom is 0.247 e. The van der Waals surface area contributed by atoms with Crippen molar-refractivity contribution in [2.75, 3.05) is 31.6 Å². The molecule has 0 saturated heterocycles. The molecule has 2 heterocycles. The summed E-state index contributed by atoms with van der Waals surface area (Å²) >= 11 is 0. The zero-order valence-electron chi connectivity index (χ0n) is 17.8. The number of pyridine rings is 1. The van der Waals surface area contributed by atoms with Crippen molar-refractivity contribution in [1.29, 1.82) is 0 Å². The van der Waals surface area contributed by atoms with Crippen LogP contribution in [0.1, 0.15) is 13.8 Å². The van der Waals surface area contributed by atoms with Crippen LogP contribution in [0.5, 0.6) is 11.5 Å². The van der Waals surface area contributed by atoms with Crippen molar-refractivity contribution in [3.05, 3.63) is 66.7 Å². The third-order valence-electron chi connectivity index (χ3n) is 5.20. The van der Waals surface area contributed by atoms with Crippen LogP contribution >= 0.6 is 0 Å². The molecule has 0 aliphatic carbocycles. The van der Waals surface area contributed by atoms with Gasteiger partial charge in [-0.2, -0.15) is 4.98 Å². The Bertz CT molecular complexity index is 1120. The van der Waals surface area contributed by atoms with Crippen molar-refractivity contribution in [2.24, 2.45) is 0 Å². The van der Waals surface area contributed by atoms with Crippen LogP contribution in [0.3, 0.4) is 0 Å². The summed E-state index contributed by atoms with van der Waals surface area (Å²) in [5, 5.41) is 17.4. The number of likely N-dealkylation sites (N-methyl/N-ethyl adjacent to an activating group) is 1. The van der Waals surface area contributed by atoms with Crippen LogP contribution in [-0.4, -0.2) is 50.8 Å². The fourth-order valence-electron chi connectivity index (χ4n) is 3.40. The highest BCUT2D eigenvalue weighted by Crippen LogP contribution is 2.24. The molecule has 7 nitrogen and oxygen atoms in total. The average Bonchev–Trinajstić information content (AvgIpc) is 3.21. The molecule has 160 valence electrons. The largest absolute Gasteiger partial charge is 0.508 e. The Hall–Kier alpha value is -3.58. The second kappa shape index (κ2) is 9.49. The number of anilines is 2. The quantitative estimate of drug-likeness (QED) is 0.416. The van der Waals surface area contributed by atoms with Gasteiger partial charge in [0.1, 0.15) is 18.1 Å². The van der Waals surface area contributed by atoms with Gasteiger partial charge in [-0.15, -0.1) is 5.10 Å². The maximum atomic E-state index is 9.54. The summed E-state index contributed by atoms with van der Waals surface area (Å²) in [4.78, 5) is 6.91. The Labute approximate surface area is 181 Å². The molecule has 0 bridgehead atoms. The monoisotopic (exact) mass is 417 g/mol. The lowest BCUT2D eigenvalue weighted by Crippen LogP contribution is -2.27. The van der Waals surface area contributed by atoms with Gasteiger partial charge < -0.3 is 20.1 Å². The Balaban J connectivity index is 1.45. The molecule has 2 aromatic heterocycles. The highest BCUT2D eigenvalue weighted by atomic mass is 16.5. The second-order valence-corrected chi connectivity index (χ2v) is 7.19. The maximum absolute atomic E-state index is 9.54. The molecule has 31 heavy (non-hydrogen) atoms. The van der Waals surface area contributed by atoms with E-state index in [9.17, 15) is 5.11 Å². The standard InChI is InChI=1S/C24H27N5O2/c1-3-28(4-2)16-17-31-21-14-10-19(11-15-21)25-24-26-23-7-5-6-22(29(23)27-24)18-8-12-20(30)13-9-18/h5-15,30H,3-4,16-17H2,1-2H3,(H,25,27). The molecule has 0 spiro atoms. The van der Waals surface area contributed by atoms with E-state index in [0.717, 1.165) is 48.0 Å². The Morgan fingerprint density at radius 1 is 0.968 bits per heavy atom. The van der Waals surface area contributed by atoms with Crippen molar-refractivity contribution in [1.82, 2.24) is 19.5 Å². The van der Waals surface area contributed by atoms with Gasteiger partial charge in [-0.05, 0) is 73.8 Å². The number of nitrogens with one attached hydrogen (secondary N) is 1. The fourth-order valence-corrected chi connectivity index (χ4v) is 3.40. The number of phenols is 1. The van der Waals surface area contributed by atoms with Gasteiger partial charge >= 0.3 is 0 Å². The van der Waals surface area contributed by atoms with Crippen molar-refractivity contribution in [3.63, 3.8) is 0 Å². The van der Waals surface area contributed by atoms with Gasteiger partial charge in [-0.25, -0.2) is 4.52 Å². The summed E-state index contributed by atoms with van der Waals surface area (Å²) in [5.74, 6) is 1.59. The number of aromatic nitrogens is 3. The molecule has 0 fully saturated rings. The normalized spacial score (nSPS) is 11.2. The third kappa shape index (κ3) is 4.95. The van der Waals surface area contributed by atoms with Gasteiger partial charge in [0.2, 0.25) is 5.95 Å². The molecular formula is C24H27N5O2. The second-order valence-electron chi connectivity index (χ2n) is 7.19. The summed E-state index contributed by atoms with van der Waals surface area (Å²) in [6, 6.07) is 20.7. The Morgan fingerprint density at radius 2 is 1.71 bits per heavy atom. The van der Waals surface area contributed by atoms with E-state index in [1.165, 1.54) is 0 Å². The molecule has 2 aromatic carbocycles. The minimum absolute atomic E-state index is 0.234. The van der Waals surface area contributed by atoms with Crippen LogP contribution in [0, 0.1) is 0 Å². The van der Waals surface area contributed by atoms with E-state index in [0.29, 0.717) is 12.6 Å². The molecule has 2 N–H and O–H groups in total. The van der Waals surface area contributed by atoms with Crippen molar-refractivity contribution in [3.8, 4) is 22.8 Å². The predicted molar refractivity (Wildman–Crippen MR) is 123 cm³/mol. The lowest BCUT2D eigenvalue weighted by molar-refractivity contribution is 0.223. The first-order valence-corrected chi connectivity index (χ1v) is 10.5. The van der Waals surface area contributed by atoms with E-state index in [1.54, 1.807) is 16.6 Å². The number of fused-ring (bicyclic) bond motifs is 1. The number of hydrogen-bond acceptors (Lipinski definition) is 6. The van der Waals surface area contributed by atoms with E-state index in [1.807, 2.05) is 54.6 Å². The van der Waals surface area contributed by atoms with Gasteiger partial charge in [-0.3, -0.25) is 0 Å². The number of benzene rings is 2. The zero-order valence-corrected chi connectivity index (χ0v) is 17.8. The average molecular weight is 418 g/mol. The third-order valence-corrected chi connectivity index (χ3v) is 5.20. The first-order valence-electron chi connectivity index (χ1n) is 10.5. The predicted octanol–water partition coefficient (Wildman–Crippen LogP) is 4.57. The van der Waals surface area contributed by atoms with Gasteiger partial charge in [0, 0.05) is 17.8 Å². The highest BCUT2D eigenvalue weighted by Gasteiger charge is 2.09. The SMILES string of the molecule is CCN(CC)CCOc1ccc(Nc2nc3cccc(-c4ccc(O)cc4)n3n2)cc1. The molecule has 0 aliphatic heterocycles. The van der Waals surface area contributed by atoms with E-state index >= 15 is 0 Å². The Morgan fingerprint density at radius 3 is 2.42 bits per heavy atom. The molecule has 0 aliphatic rings. The summed E-state index contributed by atoms with van der Waals surface area (Å²) in [5.41, 5.74) is 3.48. The summed E-state index contributed by atoms with van der Waals surface area (Å²) in [6.45, 7) is 7.96. The van der Waals surface area contributed by atoms with Gasteiger partial charge in [0.25, 0.3) is 0 Å². The van der Waals surface area contributed by atoms with Crippen LogP contribution in [0.25, 0.3) is 16.9 Å². The zero-order chi connectivity index (χ0) is 21.6. The smallest absolute Gasteiger partial charge is 0.247 e. The number of nitrogens with zero attached hydrogens (tertiary/aromatic N) is 4. The first-order chi connectivity index (χ1) is 15.2. The molecular weight excluding hydrogens is 390 g/mol. The van der Waals surface area contributed by atoms with E-state index < -0.39 is 0 Å². The molecule has 0 amide bonds. The fraction of sp³-hybridized carbons (Fsp3) is 0.250. The molecule has 0 atom stereocenters. The highest BCUT2D eigenvalue weighted by molar-refractivity contribution is 5.65. The number of ether oxygens (including phenoxy) is 1. The van der Waals surface area contributed by atoms with Crippen LogP contribution in [0.2, 0.25) is 0 Å². The van der Waals surface area contributed by atoms with Gasteiger partial charge in [0.05, 0.1) is 5.69 Å². The number of hydrogen-bond donors (Lipinski definition) is 2. The summed E-state index contributed by atoms with van der Waals surface area (Å²) in [7, 11) is 0. The van der Waals surface area contributed by atoms with E-state index in [-0.39, 0.29) is 5.75 Å². The summed E-state index contributed by atoms with van der Waals surface area (Å²) in [6.07, 6.45) is 0.